The monoisotopic (exact) mass is 1020 g/mol. The third-order valence-corrected chi connectivity index (χ3v) is 12.5. The Morgan fingerprint density at radius 3 is 1.22 bits per heavy atom. The summed E-state index contributed by atoms with van der Waals surface area (Å²) >= 11 is 0. The van der Waals surface area contributed by atoms with E-state index in [1.165, 1.54) is 77.0 Å². The molecule has 0 saturated heterocycles. The van der Waals surface area contributed by atoms with Crippen LogP contribution in [0.3, 0.4) is 0 Å². The lowest BCUT2D eigenvalue weighted by Crippen LogP contribution is -2.37. The van der Waals surface area contributed by atoms with Crippen LogP contribution in [-0.4, -0.2) is 74.9 Å². The van der Waals surface area contributed by atoms with Crippen LogP contribution in [0.5, 0.6) is 0 Å². The van der Waals surface area contributed by atoms with Crippen LogP contribution in [0.2, 0.25) is 0 Å². The van der Waals surface area contributed by atoms with Gasteiger partial charge in [-0.3, -0.25) is 18.6 Å². The van der Waals surface area contributed by atoms with Gasteiger partial charge in [0.25, 0.3) is 0 Å². The maximum absolute atomic E-state index is 12.8. The molecule has 10 heteroatoms. The average molecular weight is 1020 g/mol. The number of hydrogen-bond acceptors (Lipinski definition) is 7. The summed E-state index contributed by atoms with van der Waals surface area (Å²) in [4.78, 5) is 35.6. The lowest BCUT2D eigenvalue weighted by Gasteiger charge is -2.24. The van der Waals surface area contributed by atoms with Crippen LogP contribution in [0.15, 0.2) is 122 Å². The van der Waals surface area contributed by atoms with Crippen molar-refractivity contribution in [3.63, 3.8) is 0 Å². The number of rotatable bonds is 50. The molecule has 0 bridgehead atoms. The van der Waals surface area contributed by atoms with Gasteiger partial charge in [0.15, 0.2) is 6.10 Å². The van der Waals surface area contributed by atoms with E-state index >= 15 is 0 Å². The highest BCUT2D eigenvalue weighted by Crippen LogP contribution is 2.43. The topological polar surface area (TPSA) is 108 Å². The summed E-state index contributed by atoms with van der Waals surface area (Å²) in [5.41, 5.74) is 0. The molecule has 1 N–H and O–H groups in total. The zero-order chi connectivity index (χ0) is 52.7. The fourth-order valence-corrected chi connectivity index (χ4v) is 7.87. The Labute approximate surface area is 441 Å². The Kier molecular flexibility index (Phi) is 49.7. The summed E-state index contributed by atoms with van der Waals surface area (Å²) in [5, 5.41) is 0. The summed E-state index contributed by atoms with van der Waals surface area (Å²) in [6.45, 7) is 4.22. The van der Waals surface area contributed by atoms with Crippen molar-refractivity contribution in [1.29, 1.82) is 0 Å². The fraction of sp³-hybridized carbons (Fsp3) is 0.645. The standard InChI is InChI=1S/C62H104NO8P/c1-6-8-10-12-14-16-18-20-22-24-26-28-30-31-33-34-36-38-40-42-44-46-48-50-52-54-61(64)68-58-60(59-70-72(66,67)69-57-56-63(3,4)5)71-62(65)55-53-51-49-47-45-43-41-39-37-35-32-29-27-25-23-21-19-17-15-13-11-9-7-2/h9,11,15,17-18,20-21,23-24,26-27,29-31,35,37,41,43,47,49,60H,6-8,10,12-14,16,19,22,25,28,32-34,36,38-40,42,44-46,48,50-59H2,1-5H3/p+1/b11-9-,17-15-,20-18-,23-21-,26-24-,29-27-,31-30-,37-35-,43-41-,49-47-. The first-order valence-corrected chi connectivity index (χ1v) is 29.8. The minimum absolute atomic E-state index is 0.0130. The molecule has 0 amide bonds. The van der Waals surface area contributed by atoms with Gasteiger partial charge in [0.05, 0.1) is 27.7 Å². The predicted molar refractivity (Wildman–Crippen MR) is 307 cm³/mol. The van der Waals surface area contributed by atoms with Gasteiger partial charge in [-0.05, 0) is 103 Å². The van der Waals surface area contributed by atoms with Crippen molar-refractivity contribution in [3.8, 4) is 0 Å². The van der Waals surface area contributed by atoms with Gasteiger partial charge < -0.3 is 18.9 Å². The molecule has 0 radical (unpaired) electrons. The first-order chi connectivity index (χ1) is 35.0. The van der Waals surface area contributed by atoms with Gasteiger partial charge in [-0.25, -0.2) is 4.57 Å². The number of carbonyl (C=O) groups is 2. The van der Waals surface area contributed by atoms with E-state index in [1.54, 1.807) is 0 Å². The van der Waals surface area contributed by atoms with Crippen molar-refractivity contribution >= 4 is 19.8 Å². The van der Waals surface area contributed by atoms with Crippen molar-refractivity contribution < 1.29 is 42.1 Å². The third kappa shape index (κ3) is 55.7. The lowest BCUT2D eigenvalue weighted by molar-refractivity contribution is -0.870. The van der Waals surface area contributed by atoms with E-state index < -0.39 is 32.5 Å². The molecule has 0 fully saturated rings. The fourth-order valence-electron chi connectivity index (χ4n) is 7.13. The molecule has 0 aliphatic carbocycles. The average Bonchev–Trinajstić information content (AvgIpc) is 3.34. The normalized spacial score (nSPS) is 14.2. The van der Waals surface area contributed by atoms with Gasteiger partial charge in [0.2, 0.25) is 0 Å². The Balaban J connectivity index is 4.33. The number of nitrogens with zero attached hydrogens (tertiary/aromatic N) is 1. The summed E-state index contributed by atoms with van der Waals surface area (Å²) in [6, 6.07) is 0. The molecular weight excluding hydrogens is 918 g/mol. The number of esters is 2. The minimum atomic E-state index is -4.41. The molecule has 2 atom stereocenters. The summed E-state index contributed by atoms with van der Waals surface area (Å²) in [7, 11) is 1.42. The van der Waals surface area contributed by atoms with Crippen LogP contribution in [-0.2, 0) is 32.7 Å². The van der Waals surface area contributed by atoms with E-state index in [-0.39, 0.29) is 26.1 Å². The van der Waals surface area contributed by atoms with Crippen LogP contribution < -0.4 is 0 Å². The van der Waals surface area contributed by atoms with Crippen molar-refractivity contribution in [2.75, 3.05) is 47.5 Å². The molecule has 2 unspecified atom stereocenters. The summed E-state index contributed by atoms with van der Waals surface area (Å²) in [5.74, 6) is -0.880. The highest BCUT2D eigenvalue weighted by atomic mass is 31.2. The number of ether oxygens (including phenoxy) is 2. The smallest absolute Gasteiger partial charge is 0.462 e. The predicted octanol–water partition coefficient (Wildman–Crippen LogP) is 17.6. The number of likely N-dealkylation sites (N-methyl/N-ethyl adjacent to an activating group) is 1. The first-order valence-electron chi connectivity index (χ1n) is 28.3. The molecule has 410 valence electrons. The Bertz CT molecular complexity index is 1630. The molecule has 0 saturated carbocycles. The number of hydrogen-bond donors (Lipinski definition) is 1. The second-order valence-electron chi connectivity index (χ2n) is 19.6. The van der Waals surface area contributed by atoms with Crippen molar-refractivity contribution in [3.05, 3.63) is 122 Å². The number of quaternary nitrogens is 1. The van der Waals surface area contributed by atoms with Crippen molar-refractivity contribution in [2.24, 2.45) is 0 Å². The lowest BCUT2D eigenvalue weighted by atomic mass is 10.1. The molecule has 0 aromatic carbocycles. The van der Waals surface area contributed by atoms with Crippen molar-refractivity contribution in [1.82, 2.24) is 0 Å². The van der Waals surface area contributed by atoms with Gasteiger partial charge >= 0.3 is 19.8 Å². The van der Waals surface area contributed by atoms with Crippen LogP contribution in [0, 0.1) is 0 Å². The molecule has 0 aromatic rings. The quantitative estimate of drug-likeness (QED) is 0.0211. The van der Waals surface area contributed by atoms with Gasteiger partial charge in [-0.15, -0.1) is 0 Å². The third-order valence-electron chi connectivity index (χ3n) is 11.5. The highest BCUT2D eigenvalue weighted by Gasteiger charge is 2.27. The molecular formula is C62H105NO8P+. The zero-order valence-electron chi connectivity index (χ0n) is 46.4. The maximum atomic E-state index is 12.8. The molecule has 0 aliphatic rings. The van der Waals surface area contributed by atoms with E-state index in [4.69, 9.17) is 18.5 Å². The summed E-state index contributed by atoms with van der Waals surface area (Å²) < 4.78 is 34.5. The van der Waals surface area contributed by atoms with Gasteiger partial charge in [0, 0.05) is 12.8 Å². The van der Waals surface area contributed by atoms with E-state index in [1.807, 2.05) is 27.2 Å². The molecule has 9 nitrogen and oxygen atoms in total. The van der Waals surface area contributed by atoms with E-state index in [2.05, 4.69) is 129 Å². The van der Waals surface area contributed by atoms with Gasteiger partial charge in [-0.1, -0.05) is 212 Å². The van der Waals surface area contributed by atoms with E-state index in [9.17, 15) is 19.0 Å². The Morgan fingerprint density at radius 2 is 0.806 bits per heavy atom. The Hall–Kier alpha value is -3.59. The van der Waals surface area contributed by atoms with E-state index in [0.717, 1.165) is 89.9 Å². The van der Waals surface area contributed by atoms with Gasteiger partial charge in [0.1, 0.15) is 19.8 Å². The minimum Gasteiger partial charge on any atom is -0.462 e. The number of unbranched alkanes of at least 4 members (excludes halogenated alkanes) is 16. The van der Waals surface area contributed by atoms with E-state index in [0.29, 0.717) is 23.9 Å². The molecule has 0 rings (SSSR count). The molecule has 0 aliphatic heterocycles. The maximum Gasteiger partial charge on any atom is 0.472 e. The van der Waals surface area contributed by atoms with Crippen LogP contribution in [0.1, 0.15) is 206 Å². The zero-order valence-corrected chi connectivity index (χ0v) is 47.3. The van der Waals surface area contributed by atoms with Crippen LogP contribution in [0.25, 0.3) is 0 Å². The molecule has 0 aromatic heterocycles. The number of phosphoric acid groups is 1. The summed E-state index contributed by atoms with van der Waals surface area (Å²) in [6.07, 6.45) is 74.1. The van der Waals surface area contributed by atoms with Crippen LogP contribution in [0.4, 0.5) is 0 Å². The van der Waals surface area contributed by atoms with Crippen LogP contribution >= 0.6 is 7.82 Å². The number of allylic oxidation sites excluding steroid dienone is 20. The molecule has 72 heavy (non-hydrogen) atoms. The molecule has 0 heterocycles. The Morgan fingerprint density at radius 1 is 0.444 bits per heavy atom. The molecule has 0 spiro atoms. The second kappa shape index (κ2) is 52.3. The largest absolute Gasteiger partial charge is 0.472 e. The second-order valence-corrected chi connectivity index (χ2v) is 21.0. The highest BCUT2D eigenvalue weighted by molar-refractivity contribution is 7.47. The van der Waals surface area contributed by atoms with Gasteiger partial charge in [-0.2, -0.15) is 0 Å². The van der Waals surface area contributed by atoms with Crippen molar-refractivity contribution in [2.45, 2.75) is 213 Å². The SMILES string of the molecule is CC/C=C\C/C=C\C/C=C\C/C=C\C/C=C\C/C=C\C/C=C\CCCC(=O)OC(COC(=O)CCCCCCCCCCCC/C=C\C/C=C\C/C=C\CCCCCCC)COP(=O)(O)OCC[N+](C)(C)C. The number of carbonyl (C=O) groups excluding carboxylic acids is 2. The first kappa shape index (κ1) is 68.4. The number of phosphoric ester groups is 1.